The van der Waals surface area contributed by atoms with Gasteiger partial charge in [0.05, 0.1) is 26.4 Å². The highest BCUT2D eigenvalue weighted by Crippen LogP contribution is 2.43. The van der Waals surface area contributed by atoms with Gasteiger partial charge in [-0.05, 0) is 51.4 Å². The van der Waals surface area contributed by atoms with Crippen LogP contribution in [-0.4, -0.2) is 65.7 Å². The van der Waals surface area contributed by atoms with Gasteiger partial charge in [-0.25, -0.2) is 4.57 Å². The van der Waals surface area contributed by atoms with E-state index in [1.165, 1.54) is 96.3 Å². The molecule has 61 heavy (non-hydrogen) atoms. The predicted molar refractivity (Wildman–Crippen MR) is 251 cm³/mol. The summed E-state index contributed by atoms with van der Waals surface area (Å²) in [4.78, 5) is 34.6. The highest BCUT2D eigenvalue weighted by atomic mass is 31.2. The number of rotatable bonds is 44. The van der Waals surface area contributed by atoms with Gasteiger partial charge in [0, 0.05) is 12.8 Å². The van der Waals surface area contributed by atoms with Crippen molar-refractivity contribution >= 4 is 19.8 Å². The van der Waals surface area contributed by atoms with E-state index in [1.54, 1.807) is 0 Å². The Hall–Kier alpha value is -2.59. The minimum atomic E-state index is -4.66. The number of aliphatic hydroxyl groups is 2. The molecule has 0 amide bonds. The monoisotopic (exact) mass is 879 g/mol. The number of carbonyl (C=O) groups excluding carboxylic acids is 2. The SMILES string of the molecule is CC/C=C\C/C=C\C/C=C\C/C=C\C/C=C\C/C=C\CCC(=O)OC(CO)COP(=O)(O)OCC(CO)OC(=O)CCCCCCCCCCCCCCCCCCCCC. The van der Waals surface area contributed by atoms with Gasteiger partial charge in [0.25, 0.3) is 0 Å². The van der Waals surface area contributed by atoms with E-state index in [2.05, 4.69) is 74.6 Å². The van der Waals surface area contributed by atoms with E-state index in [-0.39, 0.29) is 12.8 Å². The Morgan fingerprint density at radius 2 is 0.770 bits per heavy atom. The molecule has 0 aromatic carbocycles. The summed E-state index contributed by atoms with van der Waals surface area (Å²) in [6.07, 6.45) is 53.2. The fourth-order valence-corrected chi connectivity index (χ4v) is 7.10. The van der Waals surface area contributed by atoms with Crippen LogP contribution in [0, 0.1) is 0 Å². The minimum Gasteiger partial charge on any atom is -0.457 e. The number of unbranched alkanes of at least 4 members (excludes halogenated alkanes) is 18. The summed E-state index contributed by atoms with van der Waals surface area (Å²) in [5, 5.41) is 19.2. The Balaban J connectivity index is 3.97. The molecule has 3 atom stereocenters. The van der Waals surface area contributed by atoms with Gasteiger partial charge in [0.15, 0.2) is 0 Å². The molecule has 0 saturated carbocycles. The zero-order valence-corrected chi connectivity index (χ0v) is 39.3. The van der Waals surface area contributed by atoms with Crippen molar-refractivity contribution in [2.75, 3.05) is 26.4 Å². The fourth-order valence-electron chi connectivity index (χ4n) is 6.32. The average molecular weight is 879 g/mol. The van der Waals surface area contributed by atoms with Gasteiger partial charge in [-0.1, -0.05) is 202 Å². The van der Waals surface area contributed by atoms with Gasteiger partial charge in [-0.3, -0.25) is 18.6 Å². The van der Waals surface area contributed by atoms with Gasteiger partial charge in [-0.15, -0.1) is 0 Å². The minimum absolute atomic E-state index is 0.0645. The third-order valence-corrected chi connectivity index (χ3v) is 10.9. The van der Waals surface area contributed by atoms with E-state index in [9.17, 15) is 29.3 Å². The summed E-state index contributed by atoms with van der Waals surface area (Å²) in [5.74, 6) is -1.10. The van der Waals surface area contributed by atoms with Crippen LogP contribution in [0.4, 0.5) is 0 Å². The smallest absolute Gasteiger partial charge is 0.457 e. The fraction of sp³-hybridized carbons (Fsp3) is 0.720. The Labute approximate surface area is 371 Å². The highest BCUT2D eigenvalue weighted by molar-refractivity contribution is 7.47. The summed E-state index contributed by atoms with van der Waals surface area (Å²) in [6.45, 7) is 2.03. The molecule has 0 spiro atoms. The molecular weight excluding hydrogens is 792 g/mol. The summed E-state index contributed by atoms with van der Waals surface area (Å²) in [7, 11) is -4.66. The quantitative estimate of drug-likeness (QED) is 0.0234. The molecule has 0 fully saturated rings. The van der Waals surface area contributed by atoms with Crippen LogP contribution in [0.2, 0.25) is 0 Å². The van der Waals surface area contributed by atoms with Crippen LogP contribution < -0.4 is 0 Å². The van der Waals surface area contributed by atoms with Crippen LogP contribution >= 0.6 is 7.82 Å². The van der Waals surface area contributed by atoms with E-state index in [0.29, 0.717) is 12.8 Å². The topological polar surface area (TPSA) is 149 Å². The lowest BCUT2D eigenvalue weighted by atomic mass is 10.0. The molecule has 352 valence electrons. The van der Waals surface area contributed by atoms with Crippen LogP contribution in [0.25, 0.3) is 0 Å². The van der Waals surface area contributed by atoms with Crippen molar-refractivity contribution in [2.45, 2.75) is 206 Å². The van der Waals surface area contributed by atoms with Crippen molar-refractivity contribution in [3.05, 3.63) is 72.9 Å². The second-order valence-electron chi connectivity index (χ2n) is 15.7. The van der Waals surface area contributed by atoms with E-state index < -0.39 is 58.4 Å². The van der Waals surface area contributed by atoms with Crippen molar-refractivity contribution in [3.8, 4) is 0 Å². The summed E-state index contributed by atoms with van der Waals surface area (Å²) >= 11 is 0. The van der Waals surface area contributed by atoms with E-state index in [4.69, 9.17) is 18.5 Å². The van der Waals surface area contributed by atoms with Crippen LogP contribution in [-0.2, 0) is 32.7 Å². The van der Waals surface area contributed by atoms with Crippen LogP contribution in [0.15, 0.2) is 72.9 Å². The maximum atomic E-state index is 12.4. The zero-order valence-electron chi connectivity index (χ0n) is 38.4. The number of aliphatic hydroxyl groups excluding tert-OH is 2. The number of hydrogen-bond acceptors (Lipinski definition) is 9. The molecule has 0 radical (unpaired) electrons. The van der Waals surface area contributed by atoms with Gasteiger partial charge in [0.1, 0.15) is 12.2 Å². The normalized spacial score (nSPS) is 14.4. The molecule has 3 N–H and O–H groups in total. The van der Waals surface area contributed by atoms with Gasteiger partial charge in [0.2, 0.25) is 0 Å². The second kappa shape index (κ2) is 45.4. The lowest BCUT2D eigenvalue weighted by molar-refractivity contribution is -0.153. The lowest BCUT2D eigenvalue weighted by Gasteiger charge is -2.20. The highest BCUT2D eigenvalue weighted by Gasteiger charge is 2.27. The maximum absolute atomic E-state index is 12.4. The van der Waals surface area contributed by atoms with Crippen molar-refractivity contribution < 1.29 is 47.8 Å². The van der Waals surface area contributed by atoms with Gasteiger partial charge < -0.3 is 24.6 Å². The first kappa shape index (κ1) is 58.4. The van der Waals surface area contributed by atoms with E-state index >= 15 is 0 Å². The number of esters is 2. The van der Waals surface area contributed by atoms with Crippen LogP contribution in [0.5, 0.6) is 0 Å². The molecule has 0 aromatic heterocycles. The number of phosphoric ester groups is 1. The predicted octanol–water partition coefficient (Wildman–Crippen LogP) is 13.2. The Morgan fingerprint density at radius 3 is 1.11 bits per heavy atom. The third-order valence-electron chi connectivity index (χ3n) is 9.95. The molecule has 11 heteroatoms. The summed E-state index contributed by atoms with van der Waals surface area (Å²) < 4.78 is 32.6. The Bertz CT molecular complexity index is 1240. The number of ether oxygens (including phenoxy) is 2. The van der Waals surface area contributed by atoms with Gasteiger partial charge in [-0.2, -0.15) is 0 Å². The van der Waals surface area contributed by atoms with Crippen LogP contribution in [0.3, 0.4) is 0 Å². The van der Waals surface area contributed by atoms with E-state index in [1.807, 2.05) is 12.2 Å². The van der Waals surface area contributed by atoms with Crippen LogP contribution in [0.1, 0.15) is 194 Å². The Kier molecular flexibility index (Phi) is 43.5. The molecule has 0 aliphatic heterocycles. The second-order valence-corrected chi connectivity index (χ2v) is 17.2. The molecular formula is C50H87O10P. The number of phosphoric acid groups is 1. The lowest BCUT2D eigenvalue weighted by Crippen LogP contribution is -2.28. The van der Waals surface area contributed by atoms with Crippen molar-refractivity contribution in [1.29, 1.82) is 0 Å². The molecule has 0 bridgehead atoms. The first-order chi connectivity index (χ1) is 29.8. The maximum Gasteiger partial charge on any atom is 0.472 e. The number of hydrogen-bond donors (Lipinski definition) is 3. The molecule has 0 saturated heterocycles. The molecule has 0 aromatic rings. The average Bonchev–Trinajstić information content (AvgIpc) is 3.25. The van der Waals surface area contributed by atoms with E-state index in [0.717, 1.165) is 57.8 Å². The molecule has 0 aliphatic carbocycles. The Morgan fingerprint density at radius 1 is 0.459 bits per heavy atom. The number of allylic oxidation sites excluding steroid dienone is 12. The summed E-state index contributed by atoms with van der Waals surface area (Å²) in [5.41, 5.74) is 0. The first-order valence-corrected chi connectivity index (χ1v) is 25.4. The molecule has 0 rings (SSSR count). The largest absolute Gasteiger partial charge is 0.472 e. The standard InChI is InChI=1S/C50H87O10P/c1-3-5-7-9-11-13-15-17-19-21-23-25-27-29-31-33-35-37-39-41-49(53)59-47(43-51)45-57-61(55,56)58-46-48(44-52)60-50(54)42-40-38-36-34-32-30-28-26-24-22-20-18-16-14-12-10-8-6-4-2/h5,7,11,13,17,19,23,25,29,31,35,37,47-48,51-52H,3-4,6,8-10,12,14-16,18,20-22,24,26-28,30,32-34,36,38-46H2,1-2H3,(H,55,56)/b7-5-,13-11-,19-17-,25-23-,31-29-,37-35-. The molecule has 10 nitrogen and oxygen atoms in total. The van der Waals surface area contributed by atoms with Gasteiger partial charge >= 0.3 is 19.8 Å². The van der Waals surface area contributed by atoms with Crippen molar-refractivity contribution in [2.24, 2.45) is 0 Å². The summed E-state index contributed by atoms with van der Waals surface area (Å²) in [6, 6.07) is 0. The number of carbonyl (C=O) groups is 2. The van der Waals surface area contributed by atoms with Crippen molar-refractivity contribution in [3.63, 3.8) is 0 Å². The third kappa shape index (κ3) is 43.8. The molecule has 0 aliphatic rings. The first-order valence-electron chi connectivity index (χ1n) is 23.9. The van der Waals surface area contributed by atoms with Crippen molar-refractivity contribution in [1.82, 2.24) is 0 Å². The zero-order chi connectivity index (χ0) is 44.8. The molecule has 3 unspecified atom stereocenters. The molecule has 0 heterocycles.